The van der Waals surface area contributed by atoms with Gasteiger partial charge in [0.2, 0.25) is 0 Å². The lowest BCUT2D eigenvalue weighted by Gasteiger charge is -2.31. The fourth-order valence-corrected chi connectivity index (χ4v) is 3.72. The maximum absolute atomic E-state index is 11.5. The van der Waals surface area contributed by atoms with Gasteiger partial charge in [0, 0.05) is 12.7 Å². The number of carboxylic acid groups (broad SMARTS) is 1. The molecule has 0 aromatic heterocycles. The van der Waals surface area contributed by atoms with Gasteiger partial charge in [0.05, 0.1) is 5.25 Å². The smallest absolute Gasteiger partial charge is 0.303 e. The van der Waals surface area contributed by atoms with Crippen LogP contribution in [0.3, 0.4) is 0 Å². The Hall–Kier alpha value is -0.580. The maximum atomic E-state index is 11.5. The van der Waals surface area contributed by atoms with Crippen LogP contribution < -0.4 is 0 Å². The Morgan fingerprint density at radius 1 is 1.44 bits per heavy atom. The molecule has 1 aliphatic rings. The Labute approximate surface area is 97.0 Å². The zero-order valence-electron chi connectivity index (χ0n) is 9.85. The highest BCUT2D eigenvalue weighted by Gasteiger charge is 2.31. The number of carbonyl (C=O) groups is 1. The summed E-state index contributed by atoms with van der Waals surface area (Å²) in [7, 11) is -2.97. The first-order chi connectivity index (χ1) is 7.30. The van der Waals surface area contributed by atoms with Crippen molar-refractivity contribution in [1.82, 2.24) is 0 Å². The average Bonchev–Trinajstić information content (AvgIpc) is 2.15. The van der Waals surface area contributed by atoms with Crippen LogP contribution in [0.15, 0.2) is 0 Å². The number of sulfone groups is 1. The van der Waals surface area contributed by atoms with Gasteiger partial charge in [-0.15, -0.1) is 0 Å². The number of aliphatic carboxylic acids is 1. The Kier molecular flexibility index (Phi) is 4.35. The van der Waals surface area contributed by atoms with Gasteiger partial charge in [0.15, 0.2) is 0 Å². The molecule has 0 aliphatic heterocycles. The van der Waals surface area contributed by atoms with Gasteiger partial charge < -0.3 is 5.11 Å². The van der Waals surface area contributed by atoms with Gasteiger partial charge in [0.25, 0.3) is 0 Å². The summed E-state index contributed by atoms with van der Waals surface area (Å²) < 4.78 is 22.9. The van der Waals surface area contributed by atoms with Crippen molar-refractivity contribution in [1.29, 1.82) is 0 Å². The second-order valence-corrected chi connectivity index (χ2v) is 7.28. The molecule has 0 radical (unpaired) electrons. The maximum Gasteiger partial charge on any atom is 0.303 e. The summed E-state index contributed by atoms with van der Waals surface area (Å²) in [6.07, 6.45) is 4.64. The van der Waals surface area contributed by atoms with Gasteiger partial charge in [0.1, 0.15) is 9.84 Å². The minimum atomic E-state index is -2.97. The minimum absolute atomic E-state index is 0.0713. The van der Waals surface area contributed by atoms with Gasteiger partial charge in [-0.3, -0.25) is 4.79 Å². The molecule has 3 atom stereocenters. The van der Waals surface area contributed by atoms with E-state index in [0.29, 0.717) is 6.42 Å². The molecule has 1 saturated carbocycles. The molecule has 0 spiro atoms. The molecule has 1 aliphatic carbocycles. The van der Waals surface area contributed by atoms with Gasteiger partial charge in [-0.05, 0) is 24.7 Å². The third-order valence-corrected chi connectivity index (χ3v) is 5.21. The standard InChI is InChI=1S/C11H20O4S/c1-8(6-11(12)13)9-4-3-5-10(7-9)16(2,14)15/h8-10H,3-7H2,1-2H3,(H,12,13). The van der Waals surface area contributed by atoms with E-state index in [9.17, 15) is 13.2 Å². The lowest BCUT2D eigenvalue weighted by Crippen LogP contribution is -2.30. The van der Waals surface area contributed by atoms with Gasteiger partial charge in [-0.2, -0.15) is 0 Å². The van der Waals surface area contributed by atoms with Crippen LogP contribution >= 0.6 is 0 Å². The molecule has 0 bridgehead atoms. The molecule has 0 heterocycles. The van der Waals surface area contributed by atoms with Crippen molar-refractivity contribution in [2.24, 2.45) is 11.8 Å². The summed E-state index contributed by atoms with van der Waals surface area (Å²) in [4.78, 5) is 10.6. The second-order valence-electron chi connectivity index (χ2n) is 4.95. The topological polar surface area (TPSA) is 71.4 Å². The first-order valence-corrected chi connectivity index (χ1v) is 7.67. The zero-order valence-corrected chi connectivity index (χ0v) is 10.7. The monoisotopic (exact) mass is 248 g/mol. The van der Waals surface area contributed by atoms with E-state index in [2.05, 4.69) is 0 Å². The van der Waals surface area contributed by atoms with Gasteiger partial charge >= 0.3 is 5.97 Å². The van der Waals surface area contributed by atoms with Crippen molar-refractivity contribution >= 4 is 15.8 Å². The largest absolute Gasteiger partial charge is 0.481 e. The Morgan fingerprint density at radius 2 is 2.06 bits per heavy atom. The number of hydrogen-bond acceptors (Lipinski definition) is 3. The summed E-state index contributed by atoms with van der Waals surface area (Å²) in [6.45, 7) is 1.91. The van der Waals surface area contributed by atoms with Crippen LogP contribution in [0.4, 0.5) is 0 Å². The molecule has 94 valence electrons. The van der Waals surface area contributed by atoms with E-state index in [1.807, 2.05) is 6.92 Å². The summed E-state index contributed by atoms with van der Waals surface area (Å²) >= 11 is 0. The van der Waals surface area contributed by atoms with Crippen LogP contribution in [0.25, 0.3) is 0 Å². The molecule has 5 heteroatoms. The fraction of sp³-hybridized carbons (Fsp3) is 0.909. The van der Waals surface area contributed by atoms with Crippen LogP contribution in [-0.2, 0) is 14.6 Å². The van der Waals surface area contributed by atoms with Gasteiger partial charge in [-0.25, -0.2) is 8.42 Å². The van der Waals surface area contributed by atoms with Crippen LogP contribution in [0.2, 0.25) is 0 Å². The van der Waals surface area contributed by atoms with Crippen LogP contribution in [0.1, 0.15) is 39.0 Å². The summed E-state index contributed by atoms with van der Waals surface area (Å²) in [6, 6.07) is 0. The SMILES string of the molecule is CC(CC(=O)O)C1CCCC(S(C)(=O)=O)C1. The Morgan fingerprint density at radius 3 is 2.56 bits per heavy atom. The minimum Gasteiger partial charge on any atom is -0.481 e. The number of rotatable bonds is 4. The highest BCUT2D eigenvalue weighted by Crippen LogP contribution is 2.34. The average molecular weight is 248 g/mol. The molecule has 0 amide bonds. The van der Waals surface area contributed by atoms with Crippen molar-refractivity contribution in [3.63, 3.8) is 0 Å². The predicted octanol–water partition coefficient (Wildman–Crippen LogP) is 1.70. The molecule has 3 unspecified atom stereocenters. The molecular weight excluding hydrogens is 228 g/mol. The van der Waals surface area contributed by atoms with E-state index >= 15 is 0 Å². The summed E-state index contributed by atoms with van der Waals surface area (Å²) in [5.41, 5.74) is 0. The highest BCUT2D eigenvalue weighted by molar-refractivity contribution is 7.91. The third kappa shape index (κ3) is 3.77. The normalized spacial score (nSPS) is 28.6. The van der Waals surface area contributed by atoms with Gasteiger partial charge in [-0.1, -0.05) is 19.8 Å². The summed E-state index contributed by atoms with van der Waals surface area (Å²) in [5.74, 6) is -0.486. The summed E-state index contributed by atoms with van der Waals surface area (Å²) in [5, 5.41) is 8.46. The Bertz CT molecular complexity index is 347. The fourth-order valence-electron chi connectivity index (χ4n) is 2.53. The van der Waals surface area contributed by atoms with Crippen LogP contribution in [0.5, 0.6) is 0 Å². The van der Waals surface area contributed by atoms with Crippen molar-refractivity contribution in [2.45, 2.75) is 44.3 Å². The first kappa shape index (κ1) is 13.5. The molecule has 0 saturated heterocycles. The van der Waals surface area contributed by atoms with E-state index in [-0.39, 0.29) is 23.5 Å². The lowest BCUT2D eigenvalue weighted by atomic mass is 9.79. The molecule has 16 heavy (non-hydrogen) atoms. The molecular formula is C11H20O4S. The Balaban J connectivity index is 2.60. The molecule has 1 N–H and O–H groups in total. The van der Waals surface area contributed by atoms with Crippen molar-refractivity contribution in [3.8, 4) is 0 Å². The van der Waals surface area contributed by atoms with E-state index in [1.54, 1.807) is 0 Å². The van der Waals surface area contributed by atoms with Crippen LogP contribution in [0, 0.1) is 11.8 Å². The molecule has 1 fully saturated rings. The number of carboxylic acids is 1. The molecule has 0 aromatic rings. The first-order valence-electron chi connectivity index (χ1n) is 5.71. The van der Waals surface area contributed by atoms with Crippen LogP contribution in [-0.4, -0.2) is 31.0 Å². The molecule has 1 rings (SSSR count). The van der Waals surface area contributed by atoms with Crippen molar-refractivity contribution < 1.29 is 18.3 Å². The van der Waals surface area contributed by atoms with E-state index in [0.717, 1.165) is 19.3 Å². The quantitative estimate of drug-likeness (QED) is 0.822. The molecule has 0 aromatic carbocycles. The van der Waals surface area contributed by atoms with Crippen molar-refractivity contribution in [2.75, 3.05) is 6.26 Å². The van der Waals surface area contributed by atoms with E-state index < -0.39 is 15.8 Å². The number of hydrogen-bond donors (Lipinski definition) is 1. The third-order valence-electron chi connectivity index (χ3n) is 3.57. The zero-order chi connectivity index (χ0) is 12.3. The molecule has 4 nitrogen and oxygen atoms in total. The second kappa shape index (κ2) is 5.17. The van der Waals surface area contributed by atoms with Crippen molar-refractivity contribution in [3.05, 3.63) is 0 Å². The van der Waals surface area contributed by atoms with E-state index in [4.69, 9.17) is 5.11 Å². The highest BCUT2D eigenvalue weighted by atomic mass is 32.2. The predicted molar refractivity (Wildman–Crippen MR) is 62.0 cm³/mol. The van der Waals surface area contributed by atoms with E-state index in [1.165, 1.54) is 6.26 Å². The lowest BCUT2D eigenvalue weighted by molar-refractivity contribution is -0.138.